The van der Waals surface area contributed by atoms with Crippen LogP contribution in [0.15, 0.2) is 59.1 Å². The van der Waals surface area contributed by atoms with Crippen LogP contribution in [0, 0.1) is 6.92 Å². The van der Waals surface area contributed by atoms with E-state index in [-0.39, 0.29) is 5.91 Å². The van der Waals surface area contributed by atoms with Crippen LogP contribution in [0.3, 0.4) is 0 Å². The van der Waals surface area contributed by atoms with Crippen molar-refractivity contribution in [3.05, 3.63) is 65.4 Å². The second kappa shape index (κ2) is 6.56. The largest absolute Gasteiger partial charge is 0.327 e. The summed E-state index contributed by atoms with van der Waals surface area (Å²) in [5, 5.41) is 3.42. The quantitative estimate of drug-likeness (QED) is 0.520. The van der Waals surface area contributed by atoms with Crippen molar-refractivity contribution < 1.29 is 4.79 Å². The molecule has 0 radical (unpaired) electrons. The highest BCUT2D eigenvalue weighted by atomic mass is 32.2. The predicted octanol–water partition coefficient (Wildman–Crippen LogP) is 3.98. The third-order valence-electron chi connectivity index (χ3n) is 3.56. The molecule has 0 unspecified atom stereocenters. The number of thiocarbonyl (C=S) groups is 1. The van der Waals surface area contributed by atoms with Crippen molar-refractivity contribution in [1.82, 2.24) is 5.32 Å². The Morgan fingerprint density at radius 3 is 2.57 bits per heavy atom. The van der Waals surface area contributed by atoms with Gasteiger partial charge in [0.2, 0.25) is 0 Å². The summed E-state index contributed by atoms with van der Waals surface area (Å²) in [7, 11) is 0. The van der Waals surface area contributed by atoms with E-state index in [0.717, 1.165) is 16.8 Å². The highest BCUT2D eigenvalue weighted by molar-refractivity contribution is 7.98. The fourth-order valence-corrected chi connectivity index (χ4v) is 3.11. The third kappa shape index (κ3) is 3.30. The van der Waals surface area contributed by atoms with E-state index in [1.807, 2.05) is 67.8 Å². The lowest BCUT2D eigenvalue weighted by Gasteiger charge is -2.14. The number of benzene rings is 2. The number of hydrogen-bond donors (Lipinski definition) is 1. The molecule has 1 fully saturated rings. The molecule has 116 valence electrons. The number of anilines is 1. The smallest absolute Gasteiger partial charge is 0.281 e. The van der Waals surface area contributed by atoms with Crippen LogP contribution < -0.4 is 10.2 Å². The third-order valence-corrected chi connectivity index (χ3v) is 4.59. The molecule has 1 N–H and O–H groups in total. The number of thioether (sulfide) groups is 1. The summed E-state index contributed by atoms with van der Waals surface area (Å²) < 4.78 is 0. The van der Waals surface area contributed by atoms with Crippen LogP contribution in [0.5, 0.6) is 0 Å². The van der Waals surface area contributed by atoms with Gasteiger partial charge in [-0.3, -0.25) is 9.69 Å². The van der Waals surface area contributed by atoms with Crippen LogP contribution in [-0.4, -0.2) is 17.3 Å². The van der Waals surface area contributed by atoms with Crippen LogP contribution in [0.1, 0.15) is 11.1 Å². The summed E-state index contributed by atoms with van der Waals surface area (Å²) in [6.45, 7) is 1.99. The van der Waals surface area contributed by atoms with E-state index in [9.17, 15) is 4.79 Å². The average molecular weight is 340 g/mol. The fraction of sp³-hybridized carbons (Fsp3) is 0.111. The number of nitrogens with one attached hydrogen (secondary N) is 1. The minimum atomic E-state index is -0.130. The molecule has 0 saturated carbocycles. The molecule has 2 aromatic carbocycles. The van der Waals surface area contributed by atoms with Crippen LogP contribution in [0.25, 0.3) is 6.08 Å². The maximum absolute atomic E-state index is 12.7. The number of carbonyl (C=O) groups is 1. The monoisotopic (exact) mass is 340 g/mol. The molecule has 1 saturated heterocycles. The Hall–Kier alpha value is -2.11. The zero-order valence-electron chi connectivity index (χ0n) is 12.9. The molecule has 0 atom stereocenters. The molecule has 0 aromatic heterocycles. The van der Waals surface area contributed by atoms with Crippen molar-refractivity contribution in [1.29, 1.82) is 0 Å². The maximum atomic E-state index is 12.7. The zero-order valence-corrected chi connectivity index (χ0v) is 14.5. The minimum Gasteiger partial charge on any atom is -0.327 e. The summed E-state index contributed by atoms with van der Waals surface area (Å²) in [4.78, 5) is 15.4. The second-order valence-electron chi connectivity index (χ2n) is 5.24. The van der Waals surface area contributed by atoms with E-state index in [0.29, 0.717) is 10.8 Å². The zero-order chi connectivity index (χ0) is 16.4. The van der Waals surface area contributed by atoms with E-state index >= 15 is 0 Å². The van der Waals surface area contributed by atoms with Crippen molar-refractivity contribution >= 4 is 46.8 Å². The molecule has 1 amide bonds. The Labute approximate surface area is 145 Å². The topological polar surface area (TPSA) is 32.3 Å². The summed E-state index contributed by atoms with van der Waals surface area (Å²) in [5.41, 5.74) is 3.33. The van der Waals surface area contributed by atoms with E-state index in [1.54, 1.807) is 11.8 Å². The van der Waals surface area contributed by atoms with Gasteiger partial charge in [0.05, 0.1) is 5.69 Å². The first kappa shape index (κ1) is 15.8. The predicted molar refractivity (Wildman–Crippen MR) is 101 cm³/mol. The Bertz CT molecular complexity index is 797. The van der Waals surface area contributed by atoms with E-state index in [1.165, 1.54) is 9.80 Å². The number of aryl methyl sites for hydroxylation is 1. The first-order chi connectivity index (χ1) is 11.1. The minimum absolute atomic E-state index is 0.130. The van der Waals surface area contributed by atoms with Crippen LogP contribution in [0.4, 0.5) is 5.69 Å². The fourth-order valence-electron chi connectivity index (χ4n) is 2.40. The average Bonchev–Trinajstić information content (AvgIpc) is 2.82. The van der Waals surface area contributed by atoms with Crippen molar-refractivity contribution in [2.45, 2.75) is 11.8 Å². The van der Waals surface area contributed by atoms with Gasteiger partial charge in [-0.1, -0.05) is 24.3 Å². The maximum Gasteiger partial charge on any atom is 0.281 e. The molecule has 3 rings (SSSR count). The highest BCUT2D eigenvalue weighted by Gasteiger charge is 2.31. The lowest BCUT2D eigenvalue weighted by Crippen LogP contribution is -2.30. The van der Waals surface area contributed by atoms with Gasteiger partial charge >= 0.3 is 0 Å². The standard InChI is InChI=1S/C18H16N2OS2/c1-12-4-3-5-14(10-12)20-17(21)16(19-18(20)22)11-13-6-8-15(23-2)9-7-13/h3-11H,1-2H3,(H,19,22)/b16-11-. The van der Waals surface area contributed by atoms with E-state index in [2.05, 4.69) is 5.32 Å². The van der Waals surface area contributed by atoms with Gasteiger partial charge in [0.25, 0.3) is 5.91 Å². The Morgan fingerprint density at radius 2 is 1.91 bits per heavy atom. The van der Waals surface area contributed by atoms with Gasteiger partial charge in [-0.15, -0.1) is 11.8 Å². The SMILES string of the molecule is CSc1ccc(/C=C2\NC(=S)N(c3cccc(C)c3)C2=O)cc1. The van der Waals surface area contributed by atoms with Gasteiger partial charge in [-0.05, 0) is 66.9 Å². The highest BCUT2D eigenvalue weighted by Crippen LogP contribution is 2.24. The second-order valence-corrected chi connectivity index (χ2v) is 6.51. The number of amides is 1. The molecule has 1 heterocycles. The molecule has 3 nitrogen and oxygen atoms in total. The summed E-state index contributed by atoms with van der Waals surface area (Å²) in [6, 6.07) is 15.8. The van der Waals surface area contributed by atoms with Gasteiger partial charge in [0.1, 0.15) is 5.70 Å². The first-order valence-corrected chi connectivity index (χ1v) is 8.79. The van der Waals surface area contributed by atoms with Crippen LogP contribution >= 0.6 is 24.0 Å². The van der Waals surface area contributed by atoms with E-state index < -0.39 is 0 Å². The Morgan fingerprint density at radius 1 is 1.17 bits per heavy atom. The van der Waals surface area contributed by atoms with Gasteiger partial charge in [0.15, 0.2) is 5.11 Å². The molecule has 23 heavy (non-hydrogen) atoms. The molecule has 0 spiro atoms. The normalized spacial score (nSPS) is 16.1. The molecule has 5 heteroatoms. The van der Waals surface area contributed by atoms with Gasteiger partial charge in [0, 0.05) is 4.90 Å². The van der Waals surface area contributed by atoms with Gasteiger partial charge in [-0.2, -0.15) is 0 Å². The Balaban J connectivity index is 1.89. The Kier molecular flexibility index (Phi) is 4.50. The number of nitrogens with zero attached hydrogens (tertiary/aromatic N) is 1. The summed E-state index contributed by atoms with van der Waals surface area (Å²) >= 11 is 7.01. The molecule has 0 aliphatic carbocycles. The van der Waals surface area contributed by atoms with Crippen LogP contribution in [-0.2, 0) is 4.79 Å². The van der Waals surface area contributed by atoms with Crippen LogP contribution in [0.2, 0.25) is 0 Å². The molecule has 2 aromatic rings. The first-order valence-electron chi connectivity index (χ1n) is 7.16. The lowest BCUT2D eigenvalue weighted by molar-refractivity contribution is -0.113. The van der Waals surface area contributed by atoms with Gasteiger partial charge in [-0.25, -0.2) is 0 Å². The number of hydrogen-bond acceptors (Lipinski definition) is 3. The lowest BCUT2D eigenvalue weighted by atomic mass is 10.2. The molecule has 1 aliphatic heterocycles. The number of carbonyl (C=O) groups excluding carboxylic acids is 1. The van der Waals surface area contributed by atoms with Crippen molar-refractivity contribution in [3.8, 4) is 0 Å². The molecular weight excluding hydrogens is 324 g/mol. The number of rotatable bonds is 3. The van der Waals surface area contributed by atoms with Crippen molar-refractivity contribution in [2.24, 2.45) is 0 Å². The van der Waals surface area contributed by atoms with Crippen molar-refractivity contribution in [3.63, 3.8) is 0 Å². The summed E-state index contributed by atoms with van der Waals surface area (Å²) in [6.07, 6.45) is 3.86. The summed E-state index contributed by atoms with van der Waals surface area (Å²) in [5.74, 6) is -0.130. The van der Waals surface area contributed by atoms with Gasteiger partial charge < -0.3 is 5.32 Å². The van der Waals surface area contributed by atoms with Crippen molar-refractivity contribution in [2.75, 3.05) is 11.2 Å². The van der Waals surface area contributed by atoms with E-state index in [4.69, 9.17) is 12.2 Å². The molecular formula is C18H16N2OS2. The molecule has 1 aliphatic rings. The molecule has 0 bridgehead atoms.